The molecule has 0 amide bonds. The fourth-order valence-electron chi connectivity index (χ4n) is 4.15. The summed E-state index contributed by atoms with van der Waals surface area (Å²) in [5.74, 6) is 2.67. The van der Waals surface area contributed by atoms with Crippen LogP contribution in [-0.4, -0.2) is 41.2 Å². The Morgan fingerprint density at radius 3 is 2.70 bits per heavy atom. The van der Waals surface area contributed by atoms with Gasteiger partial charge in [0.2, 0.25) is 5.88 Å². The molecule has 30 heavy (non-hydrogen) atoms. The van der Waals surface area contributed by atoms with Crippen LogP contribution in [0.25, 0.3) is 10.2 Å². The number of rotatable bonds is 4. The van der Waals surface area contributed by atoms with Crippen molar-refractivity contribution in [2.75, 3.05) is 26.3 Å². The van der Waals surface area contributed by atoms with E-state index in [9.17, 15) is 0 Å². The molecule has 8 heteroatoms. The molecule has 1 saturated heterocycles. The topological polar surface area (TPSA) is 47.5 Å². The van der Waals surface area contributed by atoms with E-state index in [1.807, 2.05) is 0 Å². The van der Waals surface area contributed by atoms with E-state index in [1.165, 1.54) is 16.9 Å². The summed E-state index contributed by atoms with van der Waals surface area (Å²) in [5.41, 5.74) is 1.34. The van der Waals surface area contributed by atoms with Crippen LogP contribution in [-0.2, 0) is 24.1 Å². The zero-order valence-corrected chi connectivity index (χ0v) is 19.1. The maximum absolute atomic E-state index is 6.28. The largest absolute Gasteiger partial charge is 0.438 e. The number of morpholine rings is 1. The molecule has 3 heterocycles. The van der Waals surface area contributed by atoms with E-state index in [2.05, 4.69) is 11.8 Å². The lowest BCUT2D eigenvalue weighted by atomic mass is 9.89. The van der Waals surface area contributed by atoms with Crippen LogP contribution in [0.5, 0.6) is 11.6 Å². The molecule has 158 valence electrons. The van der Waals surface area contributed by atoms with Gasteiger partial charge in [0.05, 0.1) is 25.1 Å². The minimum absolute atomic E-state index is 0.539. The molecule has 1 aliphatic heterocycles. The second-order valence-corrected chi connectivity index (χ2v) is 10.0. The highest BCUT2D eigenvalue weighted by Gasteiger charge is 2.25. The molecule has 0 bridgehead atoms. The Morgan fingerprint density at radius 1 is 1.17 bits per heavy atom. The fraction of sp³-hybridized carbons (Fsp3) is 0.455. The van der Waals surface area contributed by atoms with Crippen molar-refractivity contribution < 1.29 is 9.47 Å². The predicted molar refractivity (Wildman–Crippen MR) is 121 cm³/mol. The van der Waals surface area contributed by atoms with E-state index in [4.69, 9.17) is 42.6 Å². The molecule has 0 radical (unpaired) electrons. The van der Waals surface area contributed by atoms with Gasteiger partial charge in [0.15, 0.2) is 0 Å². The van der Waals surface area contributed by atoms with Crippen LogP contribution in [0.2, 0.25) is 10.0 Å². The van der Waals surface area contributed by atoms with Crippen LogP contribution in [0.1, 0.15) is 29.6 Å². The number of ether oxygens (including phenoxy) is 2. The minimum atomic E-state index is 0.539. The molecule has 3 aromatic rings. The molecule has 0 N–H and O–H groups in total. The number of nitrogens with zero attached hydrogens (tertiary/aromatic N) is 3. The highest BCUT2D eigenvalue weighted by molar-refractivity contribution is 7.18. The standard InChI is InChI=1S/C22H23Cl2N3O2S/c1-13-2-3-17-18(8-13)30-22-20(17)21(29-16-10-14(23)9-15(24)11-16)25-19(26-22)12-27-4-6-28-7-5-27/h9-11,13H,2-8,12H2,1H3/t13-/m0/s1. The van der Waals surface area contributed by atoms with Gasteiger partial charge in [-0.2, -0.15) is 4.98 Å². The molecule has 1 fully saturated rings. The number of hydrogen-bond acceptors (Lipinski definition) is 6. The number of benzene rings is 1. The van der Waals surface area contributed by atoms with Gasteiger partial charge < -0.3 is 9.47 Å². The molecule has 1 aromatic carbocycles. The summed E-state index contributed by atoms with van der Waals surface area (Å²) in [6.45, 7) is 6.27. The third-order valence-corrected chi connectivity index (χ3v) is 7.27. The molecule has 2 aromatic heterocycles. The molecule has 0 saturated carbocycles. The Balaban J connectivity index is 1.57. The van der Waals surface area contributed by atoms with Gasteiger partial charge in [-0.3, -0.25) is 4.90 Å². The Kier molecular flexibility index (Phi) is 5.86. The van der Waals surface area contributed by atoms with Crippen molar-refractivity contribution in [3.05, 3.63) is 44.5 Å². The van der Waals surface area contributed by atoms with Crippen LogP contribution < -0.4 is 4.74 Å². The lowest BCUT2D eigenvalue weighted by Gasteiger charge is -2.25. The first-order valence-electron chi connectivity index (χ1n) is 10.3. The lowest BCUT2D eigenvalue weighted by molar-refractivity contribution is 0.0330. The van der Waals surface area contributed by atoms with Crippen molar-refractivity contribution in [1.29, 1.82) is 0 Å². The van der Waals surface area contributed by atoms with Gasteiger partial charge in [-0.1, -0.05) is 30.1 Å². The average molecular weight is 464 g/mol. The SMILES string of the molecule is C[C@H]1CCc2c(sc3nc(CN4CCOCC4)nc(Oc4cc(Cl)cc(Cl)c4)c23)C1. The Hall–Kier alpha value is -1.44. The first-order valence-corrected chi connectivity index (χ1v) is 11.9. The lowest BCUT2D eigenvalue weighted by Crippen LogP contribution is -2.36. The molecule has 0 unspecified atom stereocenters. The number of fused-ring (bicyclic) bond motifs is 3. The number of thiophene rings is 1. The summed E-state index contributed by atoms with van der Waals surface area (Å²) in [6, 6.07) is 5.23. The van der Waals surface area contributed by atoms with Gasteiger partial charge in [0.25, 0.3) is 0 Å². The van der Waals surface area contributed by atoms with Crippen molar-refractivity contribution in [2.45, 2.75) is 32.7 Å². The summed E-state index contributed by atoms with van der Waals surface area (Å²) < 4.78 is 11.7. The number of aromatic nitrogens is 2. The average Bonchev–Trinajstić information content (AvgIpc) is 3.05. The van der Waals surface area contributed by atoms with Gasteiger partial charge in [0, 0.05) is 28.0 Å². The Morgan fingerprint density at radius 2 is 1.93 bits per heavy atom. The normalized spacial score (nSPS) is 19.8. The van der Waals surface area contributed by atoms with Crippen LogP contribution in [0.4, 0.5) is 0 Å². The fourth-order valence-corrected chi connectivity index (χ4v) is 6.05. The Labute approximate surface area is 189 Å². The minimum Gasteiger partial charge on any atom is -0.438 e. The molecule has 1 atom stereocenters. The molecule has 5 nitrogen and oxygen atoms in total. The predicted octanol–water partition coefficient (Wildman–Crippen LogP) is 5.75. The van der Waals surface area contributed by atoms with Gasteiger partial charge in [-0.25, -0.2) is 4.98 Å². The maximum atomic E-state index is 6.28. The van der Waals surface area contributed by atoms with Gasteiger partial charge >= 0.3 is 0 Å². The summed E-state index contributed by atoms with van der Waals surface area (Å²) in [5, 5.41) is 2.12. The summed E-state index contributed by atoms with van der Waals surface area (Å²) in [4.78, 5) is 14.5. The van der Waals surface area contributed by atoms with Crippen LogP contribution in [0.3, 0.4) is 0 Å². The number of hydrogen-bond donors (Lipinski definition) is 0. The first kappa shape index (κ1) is 20.5. The first-order chi connectivity index (χ1) is 14.5. The van der Waals surface area contributed by atoms with E-state index < -0.39 is 0 Å². The molecular formula is C22H23Cl2N3O2S. The number of aryl methyl sites for hydroxylation is 1. The third kappa shape index (κ3) is 4.30. The quantitative estimate of drug-likeness (QED) is 0.492. The van der Waals surface area contributed by atoms with Crippen LogP contribution in [0, 0.1) is 5.92 Å². The second kappa shape index (κ2) is 8.60. The maximum Gasteiger partial charge on any atom is 0.231 e. The monoisotopic (exact) mass is 463 g/mol. The van der Waals surface area contributed by atoms with Crippen molar-refractivity contribution >= 4 is 44.8 Å². The van der Waals surface area contributed by atoms with Gasteiger partial charge in [-0.15, -0.1) is 11.3 Å². The number of halogens is 2. The molecule has 2 aliphatic rings. The van der Waals surface area contributed by atoms with E-state index >= 15 is 0 Å². The zero-order valence-electron chi connectivity index (χ0n) is 16.8. The highest BCUT2D eigenvalue weighted by atomic mass is 35.5. The van der Waals surface area contributed by atoms with Crippen molar-refractivity contribution in [3.63, 3.8) is 0 Å². The summed E-state index contributed by atoms with van der Waals surface area (Å²) in [7, 11) is 0. The molecular weight excluding hydrogens is 441 g/mol. The van der Waals surface area contributed by atoms with E-state index in [0.29, 0.717) is 34.1 Å². The third-order valence-electron chi connectivity index (χ3n) is 5.69. The van der Waals surface area contributed by atoms with Gasteiger partial charge in [0.1, 0.15) is 16.4 Å². The zero-order chi connectivity index (χ0) is 20.7. The van der Waals surface area contributed by atoms with Crippen LogP contribution in [0.15, 0.2) is 18.2 Å². The second-order valence-electron chi connectivity index (χ2n) is 8.07. The smallest absolute Gasteiger partial charge is 0.231 e. The molecule has 5 rings (SSSR count). The van der Waals surface area contributed by atoms with Crippen molar-refractivity contribution in [1.82, 2.24) is 14.9 Å². The summed E-state index contributed by atoms with van der Waals surface area (Å²) >= 11 is 14.2. The van der Waals surface area contributed by atoms with Crippen LogP contribution >= 0.6 is 34.5 Å². The van der Waals surface area contributed by atoms with Gasteiger partial charge in [-0.05, 0) is 48.9 Å². The Bertz CT molecular complexity index is 1060. The van der Waals surface area contributed by atoms with E-state index in [0.717, 1.165) is 55.2 Å². The molecule has 0 spiro atoms. The van der Waals surface area contributed by atoms with Crippen molar-refractivity contribution in [3.8, 4) is 11.6 Å². The van der Waals surface area contributed by atoms with E-state index in [1.54, 1.807) is 29.5 Å². The van der Waals surface area contributed by atoms with Crippen molar-refractivity contribution in [2.24, 2.45) is 5.92 Å². The molecule has 1 aliphatic carbocycles. The summed E-state index contributed by atoms with van der Waals surface area (Å²) in [6.07, 6.45) is 3.31. The van der Waals surface area contributed by atoms with E-state index in [-0.39, 0.29) is 0 Å². The highest BCUT2D eigenvalue weighted by Crippen LogP contribution is 2.42.